The number of carbonyl (C=O) groups is 2. The van der Waals surface area contributed by atoms with E-state index in [1.165, 1.54) is 0 Å². The van der Waals surface area contributed by atoms with Crippen molar-refractivity contribution in [2.45, 2.75) is 39.2 Å². The Hall–Kier alpha value is -1.30. The van der Waals surface area contributed by atoms with Crippen molar-refractivity contribution in [3.63, 3.8) is 0 Å². The Morgan fingerprint density at radius 2 is 1.90 bits per heavy atom. The van der Waals surface area contributed by atoms with E-state index in [4.69, 9.17) is 4.74 Å². The summed E-state index contributed by atoms with van der Waals surface area (Å²) >= 11 is 0. The highest BCUT2D eigenvalue weighted by Gasteiger charge is 2.43. The molecule has 114 valence electrons. The number of carboxylic acid groups (broad SMARTS) is 1. The van der Waals surface area contributed by atoms with Crippen LogP contribution in [0.4, 0.5) is 4.79 Å². The van der Waals surface area contributed by atoms with Crippen molar-refractivity contribution in [1.29, 1.82) is 0 Å². The van der Waals surface area contributed by atoms with Gasteiger partial charge in [-0.1, -0.05) is 0 Å². The molecule has 2 saturated heterocycles. The number of nitrogens with zero attached hydrogens (tertiary/aromatic N) is 2. The monoisotopic (exact) mass is 284 g/mol. The average molecular weight is 284 g/mol. The molecule has 2 fully saturated rings. The van der Waals surface area contributed by atoms with Gasteiger partial charge in [-0.05, 0) is 33.6 Å². The molecule has 0 aromatic rings. The third kappa shape index (κ3) is 2.75. The molecule has 1 N–H and O–H groups in total. The van der Waals surface area contributed by atoms with Gasteiger partial charge >= 0.3 is 12.0 Å². The zero-order valence-electron chi connectivity index (χ0n) is 12.5. The highest BCUT2D eigenvalue weighted by atomic mass is 16.5. The van der Waals surface area contributed by atoms with E-state index in [0.717, 1.165) is 6.42 Å². The molecule has 1 atom stereocenters. The van der Waals surface area contributed by atoms with Crippen LogP contribution in [0.1, 0.15) is 33.6 Å². The largest absolute Gasteiger partial charge is 0.481 e. The van der Waals surface area contributed by atoms with Crippen LogP contribution in [0, 0.1) is 5.41 Å². The Morgan fingerprint density at radius 1 is 1.20 bits per heavy atom. The van der Waals surface area contributed by atoms with Gasteiger partial charge in [-0.25, -0.2) is 4.79 Å². The maximum Gasteiger partial charge on any atom is 0.320 e. The Labute approximate surface area is 119 Å². The minimum atomic E-state index is -0.829. The third-order valence-electron chi connectivity index (χ3n) is 4.36. The van der Waals surface area contributed by atoms with Crippen molar-refractivity contribution >= 4 is 12.0 Å². The summed E-state index contributed by atoms with van der Waals surface area (Å²) in [5.74, 6) is -0.823. The number of carboxylic acids is 1. The summed E-state index contributed by atoms with van der Waals surface area (Å²) in [6.07, 6.45) is 1.36. The first kappa shape index (κ1) is 15.1. The minimum absolute atomic E-state index is 0.0644. The molecule has 2 aliphatic heterocycles. The molecule has 2 rings (SSSR count). The summed E-state index contributed by atoms with van der Waals surface area (Å²) in [5, 5.41) is 9.34. The second kappa shape index (κ2) is 5.24. The molecule has 2 amide bonds. The third-order valence-corrected chi connectivity index (χ3v) is 4.36. The number of amides is 2. The van der Waals surface area contributed by atoms with Gasteiger partial charge in [0.1, 0.15) is 0 Å². The number of ether oxygens (including phenoxy) is 1. The van der Waals surface area contributed by atoms with Gasteiger partial charge in [0.05, 0.1) is 24.2 Å². The highest BCUT2D eigenvalue weighted by molar-refractivity contribution is 5.79. The summed E-state index contributed by atoms with van der Waals surface area (Å²) in [6, 6.07) is -0.0644. The highest BCUT2D eigenvalue weighted by Crippen LogP contribution is 2.31. The Bertz CT molecular complexity index is 410. The second-order valence-electron chi connectivity index (χ2n) is 6.69. The van der Waals surface area contributed by atoms with Crippen LogP contribution in [0.5, 0.6) is 0 Å². The molecule has 2 aliphatic rings. The lowest BCUT2D eigenvalue weighted by Crippen LogP contribution is -2.61. The van der Waals surface area contributed by atoms with Crippen molar-refractivity contribution in [3.8, 4) is 0 Å². The first-order valence-electron chi connectivity index (χ1n) is 7.14. The van der Waals surface area contributed by atoms with Crippen LogP contribution in [0.3, 0.4) is 0 Å². The van der Waals surface area contributed by atoms with E-state index in [2.05, 4.69) is 0 Å². The van der Waals surface area contributed by atoms with Gasteiger partial charge < -0.3 is 19.6 Å². The number of aliphatic carboxylic acids is 1. The van der Waals surface area contributed by atoms with Crippen LogP contribution < -0.4 is 0 Å². The fourth-order valence-corrected chi connectivity index (χ4v) is 2.96. The van der Waals surface area contributed by atoms with E-state index in [0.29, 0.717) is 32.7 Å². The van der Waals surface area contributed by atoms with Crippen molar-refractivity contribution in [3.05, 3.63) is 0 Å². The van der Waals surface area contributed by atoms with Crippen molar-refractivity contribution in [2.75, 3.05) is 32.8 Å². The maximum atomic E-state index is 12.7. The number of rotatable bonds is 1. The summed E-state index contributed by atoms with van der Waals surface area (Å²) in [7, 11) is 0. The number of hydrogen-bond acceptors (Lipinski definition) is 3. The molecule has 0 saturated carbocycles. The molecule has 6 heteroatoms. The van der Waals surface area contributed by atoms with Gasteiger partial charge in [0.15, 0.2) is 0 Å². The molecular formula is C14H24N2O4. The zero-order valence-corrected chi connectivity index (χ0v) is 12.5. The maximum absolute atomic E-state index is 12.7. The number of likely N-dealkylation sites (tertiary alicyclic amines) is 1. The van der Waals surface area contributed by atoms with E-state index in [1.807, 2.05) is 18.7 Å². The number of morpholine rings is 1. The Balaban J connectivity index is 2.10. The molecule has 0 spiro atoms. The molecule has 0 radical (unpaired) electrons. The molecule has 1 unspecified atom stereocenters. The van der Waals surface area contributed by atoms with Gasteiger partial charge in [0.25, 0.3) is 0 Å². The van der Waals surface area contributed by atoms with Gasteiger partial charge in [-0.15, -0.1) is 0 Å². The zero-order chi connectivity index (χ0) is 15.0. The standard InChI is InChI=1S/C14H24N2O4/c1-13(2)10-20-8-7-16(13)12(19)15-6-4-5-14(3,9-15)11(17)18/h4-10H2,1-3H3,(H,17,18). The van der Waals surface area contributed by atoms with Crippen LogP contribution in [0.2, 0.25) is 0 Å². The molecule has 0 aromatic heterocycles. The van der Waals surface area contributed by atoms with Crippen molar-refractivity contribution in [1.82, 2.24) is 9.80 Å². The van der Waals surface area contributed by atoms with Crippen LogP contribution in [-0.4, -0.2) is 65.3 Å². The summed E-state index contributed by atoms with van der Waals surface area (Å²) in [4.78, 5) is 27.6. The smallest absolute Gasteiger partial charge is 0.320 e. The Kier molecular flexibility index (Phi) is 3.95. The molecule has 0 aromatic carbocycles. The van der Waals surface area contributed by atoms with E-state index >= 15 is 0 Å². The topological polar surface area (TPSA) is 70.1 Å². The van der Waals surface area contributed by atoms with Crippen LogP contribution in [0.25, 0.3) is 0 Å². The quantitative estimate of drug-likeness (QED) is 0.790. The number of hydrogen-bond donors (Lipinski definition) is 1. The van der Waals surface area contributed by atoms with E-state index in [1.54, 1.807) is 11.8 Å². The van der Waals surface area contributed by atoms with E-state index < -0.39 is 11.4 Å². The minimum Gasteiger partial charge on any atom is -0.481 e. The SMILES string of the molecule is CC1(C(=O)O)CCCN(C(=O)N2CCOCC2(C)C)C1. The second-order valence-corrected chi connectivity index (χ2v) is 6.69. The van der Waals surface area contributed by atoms with E-state index in [9.17, 15) is 14.7 Å². The van der Waals surface area contributed by atoms with Crippen molar-refractivity contribution < 1.29 is 19.4 Å². The molecule has 20 heavy (non-hydrogen) atoms. The lowest BCUT2D eigenvalue weighted by Gasteiger charge is -2.46. The molecule has 2 heterocycles. The molecule has 0 bridgehead atoms. The molecular weight excluding hydrogens is 260 g/mol. The molecule has 0 aliphatic carbocycles. The predicted octanol–water partition coefficient (Wildman–Crippen LogP) is 1.40. The van der Waals surface area contributed by atoms with Gasteiger partial charge in [-0.3, -0.25) is 4.79 Å². The first-order chi connectivity index (χ1) is 9.26. The van der Waals surface area contributed by atoms with Crippen LogP contribution >= 0.6 is 0 Å². The van der Waals surface area contributed by atoms with Gasteiger partial charge in [0, 0.05) is 19.6 Å². The summed E-state index contributed by atoms with van der Waals surface area (Å²) < 4.78 is 5.43. The normalized spacial score (nSPS) is 30.1. The predicted molar refractivity (Wildman–Crippen MR) is 73.5 cm³/mol. The average Bonchev–Trinajstić information content (AvgIpc) is 2.37. The summed E-state index contributed by atoms with van der Waals surface area (Å²) in [6.45, 7) is 8.21. The van der Waals surface area contributed by atoms with Crippen LogP contribution in [-0.2, 0) is 9.53 Å². The number of carbonyl (C=O) groups excluding carboxylic acids is 1. The molecule has 6 nitrogen and oxygen atoms in total. The van der Waals surface area contributed by atoms with E-state index in [-0.39, 0.29) is 18.1 Å². The lowest BCUT2D eigenvalue weighted by molar-refractivity contribution is -0.150. The first-order valence-corrected chi connectivity index (χ1v) is 7.14. The van der Waals surface area contributed by atoms with Gasteiger partial charge in [0.2, 0.25) is 0 Å². The van der Waals surface area contributed by atoms with Gasteiger partial charge in [-0.2, -0.15) is 0 Å². The van der Waals surface area contributed by atoms with Crippen molar-refractivity contribution in [2.24, 2.45) is 5.41 Å². The van der Waals surface area contributed by atoms with Crippen LogP contribution in [0.15, 0.2) is 0 Å². The summed E-state index contributed by atoms with van der Waals surface area (Å²) in [5.41, 5.74) is -1.17. The number of piperidine rings is 1. The fraction of sp³-hybridized carbons (Fsp3) is 0.857. The number of urea groups is 1. The Morgan fingerprint density at radius 3 is 2.50 bits per heavy atom. The fourth-order valence-electron chi connectivity index (χ4n) is 2.96. The lowest BCUT2D eigenvalue weighted by atomic mass is 9.82.